The number of halogens is 4. The summed E-state index contributed by atoms with van der Waals surface area (Å²) in [6, 6.07) is 9.59. The Morgan fingerprint density at radius 2 is 1.74 bits per heavy atom. The summed E-state index contributed by atoms with van der Waals surface area (Å²) in [6.07, 6.45) is -3.58. The van der Waals surface area contributed by atoms with Gasteiger partial charge in [-0.1, -0.05) is 25.4 Å². The first-order chi connectivity index (χ1) is 14.7. The van der Waals surface area contributed by atoms with Crippen LogP contribution in [0.5, 0.6) is 11.5 Å². The highest BCUT2D eigenvalue weighted by atomic mass is 35.5. The number of amides is 1. The average Bonchev–Trinajstić information content (AvgIpc) is 2.73. The molecule has 1 amide bonds. The molecule has 0 radical (unpaired) electrons. The summed E-state index contributed by atoms with van der Waals surface area (Å²) < 4.78 is 48.9. The number of nitrogens with zero attached hydrogens (tertiary/aromatic N) is 1. The van der Waals surface area contributed by atoms with Crippen LogP contribution >= 0.6 is 11.6 Å². The Kier molecular flexibility index (Phi) is 9.45. The van der Waals surface area contributed by atoms with Crippen molar-refractivity contribution in [2.45, 2.75) is 26.4 Å². The van der Waals surface area contributed by atoms with Crippen LogP contribution in [-0.2, 0) is 11.0 Å². The highest BCUT2D eigenvalue weighted by Crippen LogP contribution is 2.34. The second-order valence-corrected chi connectivity index (χ2v) is 7.14. The number of ether oxygens (including phenoxy) is 2. The van der Waals surface area contributed by atoms with Crippen LogP contribution in [0.3, 0.4) is 0 Å². The van der Waals surface area contributed by atoms with Crippen molar-refractivity contribution in [2.75, 3.05) is 38.2 Å². The zero-order valence-corrected chi connectivity index (χ0v) is 18.2. The fourth-order valence-corrected chi connectivity index (χ4v) is 3.02. The number of benzene rings is 2. The molecule has 9 heteroatoms. The summed E-state index contributed by atoms with van der Waals surface area (Å²) in [5.74, 6) is 0.229. The summed E-state index contributed by atoms with van der Waals surface area (Å²) in [4.78, 5) is 14.4. The molecule has 0 spiro atoms. The van der Waals surface area contributed by atoms with Gasteiger partial charge in [-0.15, -0.1) is 0 Å². The molecule has 0 unspecified atom stereocenters. The Hall–Kier alpha value is -2.45. The molecule has 2 aromatic carbocycles. The smallest absolute Gasteiger partial charge is 0.416 e. The van der Waals surface area contributed by atoms with Crippen LogP contribution in [0.2, 0.25) is 5.02 Å². The molecule has 2 aromatic rings. The van der Waals surface area contributed by atoms with Gasteiger partial charge in [-0.2, -0.15) is 13.2 Å². The minimum atomic E-state index is -4.50. The van der Waals surface area contributed by atoms with Crippen LogP contribution in [-0.4, -0.2) is 43.7 Å². The first-order valence-corrected chi connectivity index (χ1v) is 10.3. The van der Waals surface area contributed by atoms with Crippen molar-refractivity contribution >= 4 is 23.2 Å². The van der Waals surface area contributed by atoms with Gasteiger partial charge in [-0.3, -0.25) is 4.79 Å². The zero-order chi connectivity index (χ0) is 22.9. The third-order valence-electron chi connectivity index (χ3n) is 4.54. The molecule has 0 atom stereocenters. The maximum atomic E-state index is 12.7. The lowest BCUT2D eigenvalue weighted by atomic mass is 10.2. The summed E-state index contributed by atoms with van der Waals surface area (Å²) in [7, 11) is 0. The van der Waals surface area contributed by atoms with Gasteiger partial charge in [0, 0.05) is 12.2 Å². The molecule has 0 heterocycles. The van der Waals surface area contributed by atoms with Gasteiger partial charge in [0.25, 0.3) is 5.91 Å². The molecule has 0 aliphatic heterocycles. The SMILES string of the molecule is CCN(CC)CCCOc1ccc(NC(=O)COc2ccc(C(F)(F)F)cc2Cl)cc1. The fraction of sp³-hybridized carbons (Fsp3) is 0.409. The number of anilines is 1. The molecular formula is C22H26ClF3N2O3. The van der Waals surface area contributed by atoms with Crippen molar-refractivity contribution in [1.82, 2.24) is 4.90 Å². The number of hydrogen-bond donors (Lipinski definition) is 1. The molecule has 0 bridgehead atoms. The van der Waals surface area contributed by atoms with Crippen LogP contribution in [0.4, 0.5) is 18.9 Å². The molecule has 0 fully saturated rings. The molecule has 31 heavy (non-hydrogen) atoms. The lowest BCUT2D eigenvalue weighted by molar-refractivity contribution is -0.137. The molecule has 0 aliphatic carbocycles. The van der Waals surface area contributed by atoms with Crippen LogP contribution in [0.1, 0.15) is 25.8 Å². The molecule has 1 N–H and O–H groups in total. The van der Waals surface area contributed by atoms with Crippen molar-refractivity contribution in [2.24, 2.45) is 0 Å². The van der Waals surface area contributed by atoms with E-state index in [2.05, 4.69) is 24.1 Å². The molecular weight excluding hydrogens is 433 g/mol. The van der Waals surface area contributed by atoms with Gasteiger partial charge in [0.1, 0.15) is 11.5 Å². The molecule has 5 nitrogen and oxygen atoms in total. The third kappa shape index (κ3) is 8.30. The molecule has 170 valence electrons. The minimum absolute atomic E-state index is 0.00160. The summed E-state index contributed by atoms with van der Waals surface area (Å²) in [5.41, 5.74) is -0.340. The van der Waals surface area contributed by atoms with Gasteiger partial charge in [-0.05, 0) is 62.0 Å². The maximum Gasteiger partial charge on any atom is 0.416 e. The number of rotatable bonds is 11. The Labute approximate surface area is 185 Å². The van der Waals surface area contributed by atoms with Gasteiger partial charge in [0.05, 0.1) is 17.2 Å². The Bertz CT molecular complexity index is 841. The quantitative estimate of drug-likeness (QED) is 0.452. The predicted octanol–water partition coefficient (Wildman–Crippen LogP) is 5.49. The van der Waals surface area contributed by atoms with Crippen molar-refractivity contribution in [3.63, 3.8) is 0 Å². The van der Waals surface area contributed by atoms with E-state index in [1.807, 2.05) is 0 Å². The zero-order valence-electron chi connectivity index (χ0n) is 17.5. The standard InChI is InChI=1S/C22H26ClF3N2O3/c1-3-28(4-2)12-5-13-30-18-9-7-17(8-10-18)27-21(29)15-31-20-11-6-16(14-19(20)23)22(24,25)26/h6-11,14H,3-5,12-13,15H2,1-2H3,(H,27,29). The minimum Gasteiger partial charge on any atom is -0.494 e. The van der Waals surface area contributed by atoms with Crippen LogP contribution in [0, 0.1) is 0 Å². The van der Waals surface area contributed by atoms with Gasteiger partial charge in [0.15, 0.2) is 6.61 Å². The Morgan fingerprint density at radius 1 is 1.06 bits per heavy atom. The Morgan fingerprint density at radius 3 is 2.32 bits per heavy atom. The van der Waals surface area contributed by atoms with Gasteiger partial charge < -0.3 is 19.7 Å². The number of carbonyl (C=O) groups excluding carboxylic acids is 1. The lowest BCUT2D eigenvalue weighted by Gasteiger charge is -2.17. The number of carbonyl (C=O) groups is 1. The van der Waals surface area contributed by atoms with Gasteiger partial charge in [-0.25, -0.2) is 0 Å². The van der Waals surface area contributed by atoms with E-state index in [-0.39, 0.29) is 10.8 Å². The Balaban J connectivity index is 1.77. The van der Waals surface area contributed by atoms with Gasteiger partial charge in [0.2, 0.25) is 0 Å². The molecule has 0 aromatic heterocycles. The second-order valence-electron chi connectivity index (χ2n) is 6.73. The van der Waals surface area contributed by atoms with Crippen LogP contribution in [0.25, 0.3) is 0 Å². The van der Waals surface area contributed by atoms with E-state index < -0.39 is 24.3 Å². The van der Waals surface area contributed by atoms with E-state index in [0.717, 1.165) is 44.3 Å². The summed E-state index contributed by atoms with van der Waals surface area (Å²) in [5, 5.41) is 2.43. The van der Waals surface area contributed by atoms with Crippen LogP contribution < -0.4 is 14.8 Å². The molecule has 0 aliphatic rings. The highest BCUT2D eigenvalue weighted by Gasteiger charge is 2.31. The summed E-state index contributed by atoms with van der Waals surface area (Å²) >= 11 is 5.81. The fourth-order valence-electron chi connectivity index (χ4n) is 2.79. The van der Waals surface area contributed by atoms with E-state index in [9.17, 15) is 18.0 Å². The lowest BCUT2D eigenvalue weighted by Crippen LogP contribution is -2.25. The topological polar surface area (TPSA) is 50.8 Å². The molecule has 2 rings (SSSR count). The number of hydrogen-bond acceptors (Lipinski definition) is 4. The van der Waals surface area contributed by atoms with Crippen molar-refractivity contribution in [1.29, 1.82) is 0 Å². The van der Waals surface area contributed by atoms with Gasteiger partial charge >= 0.3 is 6.18 Å². The third-order valence-corrected chi connectivity index (χ3v) is 4.83. The van der Waals surface area contributed by atoms with Crippen molar-refractivity contribution in [3.05, 3.63) is 53.1 Å². The van der Waals surface area contributed by atoms with E-state index >= 15 is 0 Å². The monoisotopic (exact) mass is 458 g/mol. The number of alkyl halides is 3. The molecule has 0 saturated heterocycles. The normalized spacial score (nSPS) is 11.5. The summed E-state index contributed by atoms with van der Waals surface area (Å²) in [6.45, 7) is 7.46. The van der Waals surface area contributed by atoms with E-state index in [1.54, 1.807) is 24.3 Å². The van der Waals surface area contributed by atoms with Crippen molar-refractivity contribution < 1.29 is 27.4 Å². The first kappa shape index (κ1) is 24.8. The van der Waals surface area contributed by atoms with E-state index in [1.165, 1.54) is 0 Å². The first-order valence-electron chi connectivity index (χ1n) is 9.97. The van der Waals surface area contributed by atoms with E-state index in [4.69, 9.17) is 21.1 Å². The highest BCUT2D eigenvalue weighted by molar-refractivity contribution is 6.32. The molecule has 0 saturated carbocycles. The average molecular weight is 459 g/mol. The largest absolute Gasteiger partial charge is 0.494 e. The second kappa shape index (κ2) is 11.8. The predicted molar refractivity (Wildman–Crippen MR) is 115 cm³/mol. The van der Waals surface area contributed by atoms with Crippen LogP contribution in [0.15, 0.2) is 42.5 Å². The van der Waals surface area contributed by atoms with E-state index in [0.29, 0.717) is 18.0 Å². The number of nitrogens with one attached hydrogen (secondary N) is 1. The van der Waals surface area contributed by atoms with Crippen molar-refractivity contribution in [3.8, 4) is 11.5 Å². The maximum absolute atomic E-state index is 12.7.